The van der Waals surface area contributed by atoms with Gasteiger partial charge in [0.1, 0.15) is 0 Å². The molecule has 6 nitrogen and oxygen atoms in total. The van der Waals surface area contributed by atoms with Crippen molar-refractivity contribution in [2.45, 2.75) is 0 Å². The molecule has 2 N–H and O–H groups in total. The first-order valence-electron chi connectivity index (χ1n) is 4.83. The summed E-state index contributed by atoms with van der Waals surface area (Å²) in [7, 11) is 2.76. The molecule has 0 saturated heterocycles. The molecule has 0 aliphatic heterocycles. The van der Waals surface area contributed by atoms with E-state index in [9.17, 15) is 10.1 Å². The lowest BCUT2D eigenvalue weighted by molar-refractivity contribution is -0.385. The van der Waals surface area contributed by atoms with Crippen molar-refractivity contribution in [2.24, 2.45) is 5.73 Å². The van der Waals surface area contributed by atoms with Gasteiger partial charge in [0.2, 0.25) is 5.75 Å². The highest BCUT2D eigenvalue weighted by Gasteiger charge is 2.21. The van der Waals surface area contributed by atoms with Crippen LogP contribution in [0.25, 0.3) is 5.57 Å². The number of ether oxygens (including phenoxy) is 2. The standard InChI is InChI=1S/C11H14N2O4/c1-7(6-12)8-4-9(13(14)15)11(17-3)10(5-8)16-2/h4-5H,1,6,12H2,2-3H3. The molecule has 17 heavy (non-hydrogen) atoms. The van der Waals surface area contributed by atoms with Crippen molar-refractivity contribution in [2.75, 3.05) is 20.8 Å². The first kappa shape index (κ1) is 13.0. The minimum atomic E-state index is -0.533. The van der Waals surface area contributed by atoms with E-state index in [0.29, 0.717) is 11.1 Å². The van der Waals surface area contributed by atoms with E-state index < -0.39 is 4.92 Å². The average Bonchev–Trinajstić information content (AvgIpc) is 2.35. The molecule has 0 atom stereocenters. The summed E-state index contributed by atoms with van der Waals surface area (Å²) in [4.78, 5) is 10.4. The van der Waals surface area contributed by atoms with Crippen LogP contribution in [0.2, 0.25) is 0 Å². The highest BCUT2D eigenvalue weighted by molar-refractivity contribution is 5.72. The number of methoxy groups -OCH3 is 2. The molecule has 92 valence electrons. The van der Waals surface area contributed by atoms with Gasteiger partial charge in [-0.15, -0.1) is 0 Å². The molecule has 0 unspecified atom stereocenters. The van der Waals surface area contributed by atoms with Gasteiger partial charge in [0.25, 0.3) is 0 Å². The summed E-state index contributed by atoms with van der Waals surface area (Å²) in [6.45, 7) is 3.95. The molecule has 0 radical (unpaired) electrons. The average molecular weight is 238 g/mol. The molecule has 0 amide bonds. The summed E-state index contributed by atoms with van der Waals surface area (Å²) in [6.07, 6.45) is 0. The van der Waals surface area contributed by atoms with Crippen molar-refractivity contribution in [3.05, 3.63) is 34.4 Å². The topological polar surface area (TPSA) is 87.6 Å². The number of nitro benzene ring substituents is 1. The maximum atomic E-state index is 10.9. The monoisotopic (exact) mass is 238 g/mol. The molecule has 6 heteroatoms. The van der Waals surface area contributed by atoms with Crippen molar-refractivity contribution in [1.82, 2.24) is 0 Å². The van der Waals surface area contributed by atoms with Gasteiger partial charge >= 0.3 is 5.69 Å². The smallest absolute Gasteiger partial charge is 0.315 e. The molecule has 1 aromatic carbocycles. The molecular weight excluding hydrogens is 224 g/mol. The molecule has 0 fully saturated rings. The minimum absolute atomic E-state index is 0.0890. The quantitative estimate of drug-likeness (QED) is 0.621. The SMILES string of the molecule is C=C(CN)c1cc(OC)c(OC)c([N+](=O)[O-])c1. The van der Waals surface area contributed by atoms with Crippen molar-refractivity contribution < 1.29 is 14.4 Å². The molecule has 0 saturated carbocycles. The molecule has 0 aliphatic rings. The molecule has 0 aliphatic carbocycles. The van der Waals surface area contributed by atoms with Gasteiger partial charge < -0.3 is 15.2 Å². The largest absolute Gasteiger partial charge is 0.493 e. The summed E-state index contributed by atoms with van der Waals surface area (Å²) in [6, 6.07) is 2.98. The van der Waals surface area contributed by atoms with E-state index in [1.54, 1.807) is 6.07 Å². The van der Waals surface area contributed by atoms with E-state index in [2.05, 4.69) is 6.58 Å². The van der Waals surface area contributed by atoms with Crippen LogP contribution in [-0.2, 0) is 0 Å². The van der Waals surface area contributed by atoms with Crippen LogP contribution in [-0.4, -0.2) is 25.7 Å². The Morgan fingerprint density at radius 1 is 1.47 bits per heavy atom. The van der Waals surface area contributed by atoms with Crippen LogP contribution in [0.15, 0.2) is 18.7 Å². The predicted molar refractivity (Wildman–Crippen MR) is 64.3 cm³/mol. The summed E-state index contributed by atoms with van der Waals surface area (Å²) in [5, 5.41) is 10.9. The van der Waals surface area contributed by atoms with E-state index in [1.165, 1.54) is 20.3 Å². The molecular formula is C11H14N2O4. The van der Waals surface area contributed by atoms with Crippen LogP contribution in [0.1, 0.15) is 5.56 Å². The lowest BCUT2D eigenvalue weighted by Gasteiger charge is -2.11. The number of nitro groups is 1. The van der Waals surface area contributed by atoms with Crippen molar-refractivity contribution in [3.63, 3.8) is 0 Å². The van der Waals surface area contributed by atoms with Gasteiger partial charge in [-0.05, 0) is 17.2 Å². The minimum Gasteiger partial charge on any atom is -0.493 e. The Morgan fingerprint density at radius 2 is 2.12 bits per heavy atom. The zero-order valence-electron chi connectivity index (χ0n) is 9.73. The van der Waals surface area contributed by atoms with Gasteiger partial charge in [-0.25, -0.2) is 0 Å². The fourth-order valence-corrected chi connectivity index (χ4v) is 1.40. The Morgan fingerprint density at radius 3 is 2.53 bits per heavy atom. The lowest BCUT2D eigenvalue weighted by Crippen LogP contribution is -2.03. The van der Waals surface area contributed by atoms with Crippen LogP contribution >= 0.6 is 0 Å². The molecule has 1 rings (SSSR count). The van der Waals surface area contributed by atoms with E-state index in [1.807, 2.05) is 0 Å². The van der Waals surface area contributed by atoms with Crippen molar-refractivity contribution >= 4 is 11.3 Å². The third kappa shape index (κ3) is 2.54. The summed E-state index contributed by atoms with van der Waals surface area (Å²) in [5.74, 6) is 0.373. The molecule has 1 aromatic rings. The van der Waals surface area contributed by atoms with E-state index in [-0.39, 0.29) is 23.7 Å². The fourth-order valence-electron chi connectivity index (χ4n) is 1.40. The number of rotatable bonds is 5. The van der Waals surface area contributed by atoms with Gasteiger partial charge in [0.05, 0.1) is 19.1 Å². The summed E-state index contributed by atoms with van der Waals surface area (Å²) < 4.78 is 10.0. The van der Waals surface area contributed by atoms with Crippen LogP contribution in [0.5, 0.6) is 11.5 Å². The number of hydrogen-bond acceptors (Lipinski definition) is 5. The molecule has 0 heterocycles. The maximum absolute atomic E-state index is 10.9. The van der Waals surface area contributed by atoms with Crippen LogP contribution < -0.4 is 15.2 Å². The Hall–Kier alpha value is -2.08. The third-order valence-electron chi connectivity index (χ3n) is 2.31. The van der Waals surface area contributed by atoms with Crippen LogP contribution in [0, 0.1) is 10.1 Å². The van der Waals surface area contributed by atoms with Crippen LogP contribution in [0.4, 0.5) is 5.69 Å². The summed E-state index contributed by atoms with van der Waals surface area (Å²) in [5.41, 5.74) is 6.44. The second kappa shape index (κ2) is 5.31. The molecule has 0 bridgehead atoms. The number of nitrogens with two attached hydrogens (primary N) is 1. The first-order valence-corrected chi connectivity index (χ1v) is 4.83. The lowest BCUT2D eigenvalue weighted by atomic mass is 10.1. The van der Waals surface area contributed by atoms with E-state index >= 15 is 0 Å². The van der Waals surface area contributed by atoms with Crippen molar-refractivity contribution in [1.29, 1.82) is 0 Å². The Bertz CT molecular complexity index is 457. The zero-order valence-corrected chi connectivity index (χ0v) is 9.73. The van der Waals surface area contributed by atoms with E-state index in [4.69, 9.17) is 15.2 Å². The predicted octanol–water partition coefficient (Wildman–Crippen LogP) is 1.58. The van der Waals surface area contributed by atoms with Gasteiger partial charge in [0.15, 0.2) is 5.75 Å². The van der Waals surface area contributed by atoms with Gasteiger partial charge in [-0.1, -0.05) is 6.58 Å². The second-order valence-electron chi connectivity index (χ2n) is 3.30. The maximum Gasteiger partial charge on any atom is 0.315 e. The van der Waals surface area contributed by atoms with Gasteiger partial charge in [-0.2, -0.15) is 0 Å². The second-order valence-corrected chi connectivity index (χ2v) is 3.30. The Balaban J connectivity index is 3.45. The fraction of sp³-hybridized carbons (Fsp3) is 0.273. The van der Waals surface area contributed by atoms with E-state index in [0.717, 1.165) is 0 Å². The normalized spacial score (nSPS) is 9.82. The Kier molecular flexibility index (Phi) is 4.06. The Labute approximate surface area is 98.8 Å². The van der Waals surface area contributed by atoms with Crippen molar-refractivity contribution in [3.8, 4) is 11.5 Å². The van der Waals surface area contributed by atoms with Gasteiger partial charge in [0, 0.05) is 12.6 Å². The number of hydrogen-bond donors (Lipinski definition) is 1. The highest BCUT2D eigenvalue weighted by atomic mass is 16.6. The highest BCUT2D eigenvalue weighted by Crippen LogP contribution is 2.39. The van der Waals surface area contributed by atoms with Gasteiger partial charge in [-0.3, -0.25) is 10.1 Å². The zero-order chi connectivity index (χ0) is 13.0. The number of nitrogens with zero attached hydrogens (tertiary/aromatic N) is 1. The summed E-state index contributed by atoms with van der Waals surface area (Å²) >= 11 is 0. The van der Waals surface area contributed by atoms with Crippen LogP contribution in [0.3, 0.4) is 0 Å². The number of benzene rings is 1. The molecule has 0 spiro atoms. The molecule has 0 aromatic heterocycles. The third-order valence-corrected chi connectivity index (χ3v) is 2.31. The first-order chi connectivity index (χ1) is 8.04.